The van der Waals surface area contributed by atoms with Crippen molar-refractivity contribution in [3.8, 4) is 0 Å². The second-order valence-electron chi connectivity index (χ2n) is 5.95. The number of benzene rings is 2. The van der Waals surface area contributed by atoms with E-state index in [0.29, 0.717) is 16.1 Å². The van der Waals surface area contributed by atoms with Gasteiger partial charge in [-0.15, -0.1) is 0 Å². The van der Waals surface area contributed by atoms with E-state index in [1.165, 1.54) is 12.1 Å². The van der Waals surface area contributed by atoms with Gasteiger partial charge >= 0.3 is 0 Å². The molecule has 3 rings (SSSR count). The first-order valence-electron chi connectivity index (χ1n) is 7.22. The molecule has 0 aliphatic carbocycles. The van der Waals surface area contributed by atoms with Gasteiger partial charge in [-0.1, -0.05) is 23.7 Å². The van der Waals surface area contributed by atoms with E-state index >= 15 is 0 Å². The molecule has 118 valence electrons. The number of para-hydroxylation sites is 1. The minimum Gasteiger partial charge on any atom is -0.361 e. The smallest absolute Gasteiger partial charge is 0.234 e. The summed E-state index contributed by atoms with van der Waals surface area (Å²) in [5.74, 6) is -0.545. The predicted molar refractivity (Wildman–Crippen MR) is 91.4 cm³/mol. The number of hydrogen-bond donors (Lipinski definition) is 2. The van der Waals surface area contributed by atoms with Gasteiger partial charge in [-0.05, 0) is 49.7 Å². The number of amides is 1. The highest BCUT2D eigenvalue weighted by Gasteiger charge is 2.32. The number of fused-ring (bicyclic) bond motifs is 1. The average Bonchev–Trinajstić information content (AvgIpc) is 2.93. The SMILES string of the molecule is CC(C)(C(=O)Nc1ccccc1Cl)c1c[nH]c2ccc(F)cc12. The number of rotatable bonds is 3. The Labute approximate surface area is 138 Å². The van der Waals surface area contributed by atoms with Gasteiger partial charge in [-0.3, -0.25) is 4.79 Å². The maximum atomic E-state index is 13.6. The molecule has 1 heterocycles. The van der Waals surface area contributed by atoms with Gasteiger partial charge in [0.15, 0.2) is 0 Å². The van der Waals surface area contributed by atoms with Crippen LogP contribution in [0.5, 0.6) is 0 Å². The van der Waals surface area contributed by atoms with Crippen LogP contribution in [0.4, 0.5) is 10.1 Å². The van der Waals surface area contributed by atoms with E-state index in [2.05, 4.69) is 10.3 Å². The summed E-state index contributed by atoms with van der Waals surface area (Å²) in [6.07, 6.45) is 1.75. The predicted octanol–water partition coefficient (Wildman–Crippen LogP) is 4.88. The summed E-state index contributed by atoms with van der Waals surface area (Å²) in [5.41, 5.74) is 1.22. The van der Waals surface area contributed by atoms with Crippen molar-refractivity contribution >= 4 is 34.1 Å². The first kappa shape index (κ1) is 15.6. The third kappa shape index (κ3) is 2.82. The molecule has 5 heteroatoms. The van der Waals surface area contributed by atoms with Crippen LogP contribution in [0.1, 0.15) is 19.4 Å². The van der Waals surface area contributed by atoms with Crippen LogP contribution in [0.2, 0.25) is 5.02 Å². The second-order valence-corrected chi connectivity index (χ2v) is 6.36. The molecule has 2 aromatic carbocycles. The number of hydrogen-bond acceptors (Lipinski definition) is 1. The molecule has 1 aromatic heterocycles. The number of nitrogens with one attached hydrogen (secondary N) is 2. The van der Waals surface area contributed by atoms with Gasteiger partial charge in [0.05, 0.1) is 16.1 Å². The lowest BCUT2D eigenvalue weighted by molar-refractivity contribution is -0.120. The minimum absolute atomic E-state index is 0.212. The molecule has 23 heavy (non-hydrogen) atoms. The lowest BCUT2D eigenvalue weighted by atomic mass is 9.83. The molecule has 0 aliphatic heterocycles. The zero-order valence-electron chi connectivity index (χ0n) is 12.8. The van der Waals surface area contributed by atoms with Gasteiger partial charge in [0.2, 0.25) is 5.91 Å². The summed E-state index contributed by atoms with van der Waals surface area (Å²) in [6, 6.07) is 11.5. The molecule has 2 N–H and O–H groups in total. The molecule has 0 atom stereocenters. The fourth-order valence-corrected chi connectivity index (χ4v) is 2.76. The van der Waals surface area contributed by atoms with Crippen LogP contribution in [0.15, 0.2) is 48.7 Å². The third-order valence-electron chi connectivity index (χ3n) is 4.01. The van der Waals surface area contributed by atoms with Gasteiger partial charge in [0.25, 0.3) is 0 Å². The first-order chi connectivity index (χ1) is 10.9. The fourth-order valence-electron chi connectivity index (χ4n) is 2.57. The van der Waals surface area contributed by atoms with Crippen molar-refractivity contribution in [3.05, 3.63) is 65.1 Å². The van der Waals surface area contributed by atoms with E-state index in [0.717, 1.165) is 11.1 Å². The van der Waals surface area contributed by atoms with Crippen molar-refractivity contribution in [3.63, 3.8) is 0 Å². The maximum Gasteiger partial charge on any atom is 0.234 e. The average molecular weight is 331 g/mol. The molecular weight excluding hydrogens is 315 g/mol. The maximum absolute atomic E-state index is 13.6. The Hall–Kier alpha value is -2.33. The summed E-state index contributed by atoms with van der Waals surface area (Å²) < 4.78 is 13.6. The number of H-pyrrole nitrogens is 1. The number of aromatic nitrogens is 1. The molecule has 0 aliphatic rings. The van der Waals surface area contributed by atoms with E-state index in [1.54, 1.807) is 50.4 Å². The van der Waals surface area contributed by atoms with Crippen LogP contribution in [0.25, 0.3) is 10.9 Å². The fraction of sp³-hybridized carbons (Fsp3) is 0.167. The first-order valence-corrected chi connectivity index (χ1v) is 7.60. The summed E-state index contributed by atoms with van der Waals surface area (Å²) in [6.45, 7) is 3.60. The Kier molecular flexibility index (Phi) is 3.86. The van der Waals surface area contributed by atoms with E-state index < -0.39 is 5.41 Å². The number of halogens is 2. The number of carbonyl (C=O) groups is 1. The van der Waals surface area contributed by atoms with Crippen molar-refractivity contribution < 1.29 is 9.18 Å². The Morgan fingerprint density at radius 3 is 2.70 bits per heavy atom. The number of anilines is 1. The Bertz CT molecular complexity index is 886. The van der Waals surface area contributed by atoms with Crippen molar-refractivity contribution in [2.45, 2.75) is 19.3 Å². The van der Waals surface area contributed by atoms with E-state index in [4.69, 9.17) is 11.6 Å². The summed E-state index contributed by atoms with van der Waals surface area (Å²) in [4.78, 5) is 15.8. The summed E-state index contributed by atoms with van der Waals surface area (Å²) in [7, 11) is 0. The minimum atomic E-state index is -0.856. The quantitative estimate of drug-likeness (QED) is 0.706. The van der Waals surface area contributed by atoms with Crippen LogP contribution < -0.4 is 5.32 Å². The standard InChI is InChI=1S/C18H16ClFN2O/c1-18(2,17(23)22-16-6-4-3-5-14(16)19)13-10-21-15-8-7-11(20)9-12(13)15/h3-10,21H,1-2H3,(H,22,23). The Balaban J connectivity index is 1.98. The van der Waals surface area contributed by atoms with Crippen LogP contribution in [-0.2, 0) is 10.2 Å². The lowest BCUT2D eigenvalue weighted by Gasteiger charge is -2.23. The Morgan fingerprint density at radius 2 is 1.96 bits per heavy atom. The largest absolute Gasteiger partial charge is 0.361 e. The summed E-state index contributed by atoms with van der Waals surface area (Å²) >= 11 is 6.09. The van der Waals surface area contributed by atoms with E-state index in [9.17, 15) is 9.18 Å². The normalized spacial score (nSPS) is 11.7. The van der Waals surface area contributed by atoms with Gasteiger partial charge < -0.3 is 10.3 Å². The Morgan fingerprint density at radius 1 is 1.22 bits per heavy atom. The molecule has 0 saturated carbocycles. The highest BCUT2D eigenvalue weighted by atomic mass is 35.5. The molecule has 0 spiro atoms. The van der Waals surface area contributed by atoms with Crippen molar-refractivity contribution in [1.82, 2.24) is 4.98 Å². The second kappa shape index (κ2) is 5.70. The lowest BCUT2D eigenvalue weighted by Crippen LogP contribution is -2.34. The molecule has 0 unspecified atom stereocenters. The van der Waals surface area contributed by atoms with Crippen molar-refractivity contribution in [2.24, 2.45) is 0 Å². The zero-order valence-corrected chi connectivity index (χ0v) is 13.5. The molecule has 0 saturated heterocycles. The highest BCUT2D eigenvalue weighted by molar-refractivity contribution is 6.33. The van der Waals surface area contributed by atoms with Gasteiger partial charge in [0.1, 0.15) is 5.82 Å². The number of carbonyl (C=O) groups excluding carboxylic acids is 1. The zero-order chi connectivity index (χ0) is 16.6. The van der Waals surface area contributed by atoms with E-state index in [1.807, 2.05) is 0 Å². The van der Waals surface area contributed by atoms with Gasteiger partial charge in [-0.25, -0.2) is 4.39 Å². The van der Waals surface area contributed by atoms with Crippen LogP contribution in [0.3, 0.4) is 0 Å². The van der Waals surface area contributed by atoms with Gasteiger partial charge in [0, 0.05) is 17.1 Å². The molecule has 3 aromatic rings. The van der Waals surface area contributed by atoms with Gasteiger partial charge in [-0.2, -0.15) is 0 Å². The highest BCUT2D eigenvalue weighted by Crippen LogP contribution is 2.33. The van der Waals surface area contributed by atoms with Crippen molar-refractivity contribution in [2.75, 3.05) is 5.32 Å². The topological polar surface area (TPSA) is 44.9 Å². The van der Waals surface area contributed by atoms with Crippen LogP contribution in [-0.4, -0.2) is 10.9 Å². The molecule has 3 nitrogen and oxygen atoms in total. The number of aromatic amines is 1. The van der Waals surface area contributed by atoms with Crippen molar-refractivity contribution in [1.29, 1.82) is 0 Å². The third-order valence-corrected chi connectivity index (χ3v) is 4.34. The van der Waals surface area contributed by atoms with E-state index in [-0.39, 0.29) is 11.7 Å². The molecular formula is C18H16ClFN2O. The van der Waals surface area contributed by atoms with Crippen LogP contribution in [0, 0.1) is 5.82 Å². The molecule has 0 radical (unpaired) electrons. The van der Waals surface area contributed by atoms with Crippen LogP contribution >= 0.6 is 11.6 Å². The molecule has 0 fully saturated rings. The molecule has 1 amide bonds. The monoisotopic (exact) mass is 330 g/mol. The summed E-state index contributed by atoms with van der Waals surface area (Å²) in [5, 5.41) is 4.01. The molecule has 0 bridgehead atoms.